The van der Waals surface area contributed by atoms with Crippen molar-refractivity contribution in [1.82, 2.24) is 25.8 Å². The summed E-state index contributed by atoms with van der Waals surface area (Å²) in [7, 11) is 0. The van der Waals surface area contributed by atoms with Gasteiger partial charge in [-0.1, -0.05) is 11.3 Å². The number of nitrogens with zero attached hydrogens (tertiary/aromatic N) is 3. The summed E-state index contributed by atoms with van der Waals surface area (Å²) in [5, 5.41) is 9.49. The maximum Gasteiger partial charge on any atom is 0.279 e. The molecule has 0 saturated heterocycles. The van der Waals surface area contributed by atoms with Crippen molar-refractivity contribution in [3.8, 4) is 0 Å². The van der Waals surface area contributed by atoms with Crippen LogP contribution in [0.1, 0.15) is 29.2 Å². The van der Waals surface area contributed by atoms with E-state index in [-0.39, 0.29) is 12.5 Å². The molecule has 0 atom stereocenters. The van der Waals surface area contributed by atoms with Gasteiger partial charge in [0.15, 0.2) is 0 Å². The van der Waals surface area contributed by atoms with Crippen LogP contribution in [0.25, 0.3) is 0 Å². The molecule has 2 aromatic heterocycles. The smallest absolute Gasteiger partial charge is 0.279 e. The molecule has 0 spiro atoms. The number of rotatable bonds is 4. The molecule has 9 heteroatoms. The van der Waals surface area contributed by atoms with Crippen molar-refractivity contribution >= 4 is 23.2 Å². The van der Waals surface area contributed by atoms with Gasteiger partial charge in [0.2, 0.25) is 0 Å². The van der Waals surface area contributed by atoms with Crippen LogP contribution < -0.4 is 16.6 Å². The molecule has 0 bridgehead atoms. The summed E-state index contributed by atoms with van der Waals surface area (Å²) in [6, 6.07) is 3.42. The average Bonchev–Trinajstić information content (AvgIpc) is 3.05. The first-order valence-electron chi connectivity index (χ1n) is 6.18. The van der Waals surface area contributed by atoms with Gasteiger partial charge in [0.1, 0.15) is 12.2 Å². The first-order chi connectivity index (χ1) is 9.86. The van der Waals surface area contributed by atoms with Crippen molar-refractivity contribution in [1.29, 1.82) is 0 Å². The first-order valence-corrected chi connectivity index (χ1v) is 7.06. The predicted molar refractivity (Wildman–Crippen MR) is 77.2 cm³/mol. The van der Waals surface area contributed by atoms with Gasteiger partial charge in [-0.2, -0.15) is 0 Å². The van der Waals surface area contributed by atoms with E-state index in [1.165, 1.54) is 16.0 Å². The minimum atomic E-state index is -0.623. The van der Waals surface area contributed by atoms with E-state index >= 15 is 0 Å². The second-order valence-electron chi connectivity index (χ2n) is 5.00. The summed E-state index contributed by atoms with van der Waals surface area (Å²) in [5.41, 5.74) is 10.5. The van der Waals surface area contributed by atoms with Crippen LogP contribution in [0, 0.1) is 0 Å². The summed E-state index contributed by atoms with van der Waals surface area (Å²) < 4.78 is 1.36. The zero-order valence-corrected chi connectivity index (χ0v) is 12.5. The van der Waals surface area contributed by atoms with Gasteiger partial charge in [-0.3, -0.25) is 20.4 Å². The molecule has 21 heavy (non-hydrogen) atoms. The van der Waals surface area contributed by atoms with E-state index in [1.807, 2.05) is 0 Å². The third kappa shape index (κ3) is 4.10. The molecule has 0 aliphatic carbocycles. The molecule has 0 saturated carbocycles. The molecule has 2 heterocycles. The number of hydrogen-bond acceptors (Lipinski definition) is 6. The van der Waals surface area contributed by atoms with Crippen LogP contribution in [0.5, 0.6) is 0 Å². The molecule has 2 amide bonds. The summed E-state index contributed by atoms with van der Waals surface area (Å²) >= 11 is 1.29. The van der Waals surface area contributed by atoms with Gasteiger partial charge < -0.3 is 5.73 Å². The molecule has 2 rings (SSSR count). The first kappa shape index (κ1) is 15.1. The predicted octanol–water partition coefficient (Wildman–Crippen LogP) is -0.00540. The summed E-state index contributed by atoms with van der Waals surface area (Å²) in [6.45, 7) is 3.53. The number of hydrogen-bond donors (Lipinski definition) is 3. The van der Waals surface area contributed by atoms with Crippen molar-refractivity contribution in [3.05, 3.63) is 34.3 Å². The fourth-order valence-corrected chi connectivity index (χ4v) is 2.07. The number of amides is 2. The molecule has 112 valence electrons. The topological polar surface area (TPSA) is 115 Å². The lowest BCUT2D eigenvalue weighted by Crippen LogP contribution is -2.43. The minimum absolute atomic E-state index is 0.0617. The van der Waals surface area contributed by atoms with E-state index in [2.05, 4.69) is 21.2 Å². The van der Waals surface area contributed by atoms with Crippen LogP contribution in [-0.4, -0.2) is 26.8 Å². The number of aromatic nitrogens is 3. The normalized spacial score (nSPS) is 11.2. The number of nitrogens with two attached hydrogens (primary N) is 1. The van der Waals surface area contributed by atoms with Crippen molar-refractivity contribution in [3.63, 3.8) is 0 Å². The van der Waals surface area contributed by atoms with Gasteiger partial charge in [0, 0.05) is 0 Å². The van der Waals surface area contributed by atoms with Gasteiger partial charge >= 0.3 is 0 Å². The van der Waals surface area contributed by atoms with Crippen molar-refractivity contribution in [2.75, 3.05) is 0 Å². The quantitative estimate of drug-likeness (QED) is 0.687. The van der Waals surface area contributed by atoms with Gasteiger partial charge in [-0.05, 0) is 25.3 Å². The monoisotopic (exact) mass is 308 g/mol. The molecule has 4 N–H and O–H groups in total. The standard InChI is InChI=1S/C12H16N6O2S/c1-12(2,13)9-6-18(17-14-9)7-10(19)15-16-11(20)8-4-3-5-21-8/h3-6H,7,13H2,1-2H3,(H,15,19)(H,16,20). The number of thiophene rings is 1. The lowest BCUT2D eigenvalue weighted by molar-refractivity contribution is -0.122. The molecule has 0 aliphatic rings. The molecule has 0 radical (unpaired) electrons. The van der Waals surface area contributed by atoms with Crippen LogP contribution in [0.2, 0.25) is 0 Å². The Morgan fingerprint density at radius 3 is 2.76 bits per heavy atom. The Balaban J connectivity index is 1.85. The van der Waals surface area contributed by atoms with Crippen LogP contribution in [0.15, 0.2) is 23.7 Å². The Morgan fingerprint density at radius 1 is 1.43 bits per heavy atom. The van der Waals surface area contributed by atoms with Crippen LogP contribution in [0.3, 0.4) is 0 Å². The van der Waals surface area contributed by atoms with Crippen LogP contribution in [-0.2, 0) is 16.9 Å². The molecule has 0 unspecified atom stereocenters. The van der Waals surface area contributed by atoms with E-state index in [1.54, 1.807) is 37.6 Å². The SMILES string of the molecule is CC(C)(N)c1cn(CC(=O)NNC(=O)c2cccs2)nn1. The minimum Gasteiger partial charge on any atom is -0.320 e. The maximum absolute atomic E-state index is 11.7. The van der Waals surface area contributed by atoms with Crippen LogP contribution in [0.4, 0.5) is 0 Å². The van der Waals surface area contributed by atoms with E-state index in [4.69, 9.17) is 5.73 Å². The Labute approximate surface area is 125 Å². The molecule has 0 fully saturated rings. The lowest BCUT2D eigenvalue weighted by Gasteiger charge is -2.13. The summed E-state index contributed by atoms with van der Waals surface area (Å²) in [6.07, 6.45) is 1.60. The Bertz CT molecular complexity index is 628. The highest BCUT2D eigenvalue weighted by molar-refractivity contribution is 7.12. The van der Waals surface area contributed by atoms with E-state index in [0.29, 0.717) is 10.6 Å². The summed E-state index contributed by atoms with van der Waals surface area (Å²) in [4.78, 5) is 23.9. The third-order valence-corrected chi connectivity index (χ3v) is 3.43. The largest absolute Gasteiger partial charge is 0.320 e. The third-order valence-electron chi connectivity index (χ3n) is 2.56. The van der Waals surface area contributed by atoms with E-state index in [0.717, 1.165) is 0 Å². The van der Waals surface area contributed by atoms with Crippen LogP contribution >= 0.6 is 11.3 Å². The molecule has 2 aromatic rings. The lowest BCUT2D eigenvalue weighted by atomic mass is 10.0. The van der Waals surface area contributed by atoms with Gasteiger partial charge in [0.05, 0.1) is 16.6 Å². The number of nitrogens with one attached hydrogen (secondary N) is 2. The molecular weight excluding hydrogens is 292 g/mol. The second-order valence-corrected chi connectivity index (χ2v) is 5.95. The fourth-order valence-electron chi connectivity index (χ4n) is 1.45. The fraction of sp³-hybridized carbons (Fsp3) is 0.333. The molecule has 0 aromatic carbocycles. The zero-order valence-electron chi connectivity index (χ0n) is 11.7. The Hall–Kier alpha value is -2.26. The Morgan fingerprint density at radius 2 is 2.19 bits per heavy atom. The Kier molecular flexibility index (Phi) is 4.34. The van der Waals surface area contributed by atoms with Gasteiger partial charge in [-0.25, -0.2) is 4.68 Å². The zero-order chi connectivity index (χ0) is 15.5. The van der Waals surface area contributed by atoms with E-state index < -0.39 is 11.4 Å². The van der Waals surface area contributed by atoms with Crippen molar-refractivity contribution < 1.29 is 9.59 Å². The second kappa shape index (κ2) is 6.02. The highest BCUT2D eigenvalue weighted by Crippen LogP contribution is 2.12. The van der Waals surface area contributed by atoms with Gasteiger partial charge in [-0.15, -0.1) is 16.4 Å². The van der Waals surface area contributed by atoms with E-state index in [9.17, 15) is 9.59 Å². The molecule has 0 aliphatic heterocycles. The van der Waals surface area contributed by atoms with Gasteiger partial charge in [0.25, 0.3) is 11.8 Å². The molecule has 8 nitrogen and oxygen atoms in total. The summed E-state index contributed by atoms with van der Waals surface area (Å²) in [5.74, 6) is -0.771. The highest BCUT2D eigenvalue weighted by Gasteiger charge is 2.19. The van der Waals surface area contributed by atoms with Crippen molar-refractivity contribution in [2.45, 2.75) is 25.9 Å². The van der Waals surface area contributed by atoms with Crippen molar-refractivity contribution in [2.24, 2.45) is 5.73 Å². The number of carbonyl (C=O) groups excluding carboxylic acids is 2. The number of hydrazine groups is 1. The number of carbonyl (C=O) groups is 2. The maximum atomic E-state index is 11.7. The average molecular weight is 308 g/mol. The highest BCUT2D eigenvalue weighted by atomic mass is 32.1. The molecular formula is C12H16N6O2S.